The predicted octanol–water partition coefficient (Wildman–Crippen LogP) is 9.93. The Hall–Kier alpha value is -7.48. The van der Waals surface area contributed by atoms with Crippen molar-refractivity contribution in [2.75, 3.05) is 0 Å². The van der Waals surface area contributed by atoms with Gasteiger partial charge in [0.1, 0.15) is 0 Å². The van der Waals surface area contributed by atoms with Crippen molar-refractivity contribution in [3.05, 3.63) is 163 Å². The van der Waals surface area contributed by atoms with E-state index in [2.05, 4.69) is 112 Å². The van der Waals surface area contributed by atoms with Crippen molar-refractivity contribution < 1.29 is 0 Å². The Morgan fingerprint density at radius 1 is 0.451 bits per heavy atom. The number of hydrogen-bond acceptors (Lipinski definition) is 6. The molecule has 7 heteroatoms. The van der Waals surface area contributed by atoms with Gasteiger partial charge in [-0.1, -0.05) is 66.7 Å². The fourth-order valence-electron chi connectivity index (χ4n) is 6.85. The number of hydrogen-bond donors (Lipinski definition) is 0. The summed E-state index contributed by atoms with van der Waals surface area (Å²) in [5.74, 6) is 0. The highest BCUT2D eigenvalue weighted by atomic mass is 15.0. The van der Waals surface area contributed by atoms with E-state index >= 15 is 0 Å². The van der Waals surface area contributed by atoms with Crippen molar-refractivity contribution in [1.29, 1.82) is 10.5 Å². The van der Waals surface area contributed by atoms with Gasteiger partial charge < -0.3 is 4.57 Å². The molecule has 0 aliphatic carbocycles. The highest BCUT2D eigenvalue weighted by Crippen LogP contribution is 2.42. The minimum absolute atomic E-state index is 0.548. The van der Waals surface area contributed by atoms with Gasteiger partial charge in [0.2, 0.25) is 0 Å². The third-order valence-corrected chi connectivity index (χ3v) is 9.26. The van der Waals surface area contributed by atoms with Crippen LogP contribution in [0.25, 0.3) is 83.3 Å². The van der Waals surface area contributed by atoms with E-state index < -0.39 is 0 Å². The van der Waals surface area contributed by atoms with Crippen molar-refractivity contribution in [1.82, 2.24) is 24.5 Å². The van der Waals surface area contributed by atoms with Crippen LogP contribution in [-0.4, -0.2) is 24.5 Å². The largest absolute Gasteiger partial charge is 0.309 e. The van der Waals surface area contributed by atoms with Crippen LogP contribution in [0.4, 0.5) is 0 Å². The van der Waals surface area contributed by atoms with Crippen LogP contribution in [0.5, 0.6) is 0 Å². The lowest BCUT2D eigenvalue weighted by Gasteiger charge is -2.12. The normalized spacial score (nSPS) is 11.1. The zero-order valence-corrected chi connectivity index (χ0v) is 27.1. The van der Waals surface area contributed by atoms with Gasteiger partial charge in [0.05, 0.1) is 57.1 Å². The van der Waals surface area contributed by atoms with E-state index in [0.717, 1.165) is 55.1 Å². The molecule has 0 fully saturated rings. The molecule has 9 rings (SSSR count). The van der Waals surface area contributed by atoms with Gasteiger partial charge >= 0.3 is 0 Å². The lowest BCUT2D eigenvalue weighted by Crippen LogP contribution is -1.95. The van der Waals surface area contributed by atoms with Crippen LogP contribution in [0.15, 0.2) is 152 Å². The molecule has 0 saturated heterocycles. The quantitative estimate of drug-likeness (QED) is 0.183. The number of nitriles is 2. The highest BCUT2D eigenvalue weighted by molar-refractivity contribution is 6.24. The molecular weight excluding hydrogens is 627 g/mol. The molecular formula is C44H25N7. The fourth-order valence-corrected chi connectivity index (χ4v) is 6.85. The van der Waals surface area contributed by atoms with Gasteiger partial charge in [-0.3, -0.25) is 19.9 Å². The van der Waals surface area contributed by atoms with Crippen LogP contribution < -0.4 is 0 Å². The standard InChI is InChI=1S/C44H25N7/c45-24-28-16-18-47-40(20-28)38-14-11-31(26-49-38)30-10-13-36-42(22-30)51(33-6-2-1-3-7-33)43-23-37(34-8-4-5-9-35(34)44(36)43)32-12-15-39(50-27-32)41-21-29(25-46)17-19-48-41/h1-23,26-27H. The molecule has 0 unspecified atom stereocenters. The molecule has 51 heavy (non-hydrogen) atoms. The first kappa shape index (κ1) is 29.6. The first-order valence-electron chi connectivity index (χ1n) is 16.4. The molecule has 5 heterocycles. The fraction of sp³-hybridized carbons (Fsp3) is 0. The van der Waals surface area contributed by atoms with Crippen LogP contribution in [0, 0.1) is 22.7 Å². The second-order valence-corrected chi connectivity index (χ2v) is 12.2. The minimum atomic E-state index is 0.548. The summed E-state index contributed by atoms with van der Waals surface area (Å²) in [5.41, 5.74) is 11.2. The molecule has 4 aromatic carbocycles. The number of nitrogens with zero attached hydrogens (tertiary/aromatic N) is 7. The maximum atomic E-state index is 9.37. The number of pyridine rings is 4. The Labute approximate surface area is 293 Å². The van der Waals surface area contributed by atoms with E-state index in [1.54, 1.807) is 36.7 Å². The van der Waals surface area contributed by atoms with Gasteiger partial charge in [-0.15, -0.1) is 0 Å². The second-order valence-electron chi connectivity index (χ2n) is 12.2. The summed E-state index contributed by atoms with van der Waals surface area (Å²) in [6.07, 6.45) is 7.02. The number of benzene rings is 4. The minimum Gasteiger partial charge on any atom is -0.309 e. The molecule has 5 aromatic heterocycles. The van der Waals surface area contributed by atoms with Crippen molar-refractivity contribution >= 4 is 32.6 Å². The summed E-state index contributed by atoms with van der Waals surface area (Å²) in [4.78, 5) is 18.4. The summed E-state index contributed by atoms with van der Waals surface area (Å²) >= 11 is 0. The average molecular weight is 652 g/mol. The zero-order chi connectivity index (χ0) is 34.3. The van der Waals surface area contributed by atoms with Crippen molar-refractivity contribution in [3.8, 4) is 62.9 Å². The van der Waals surface area contributed by atoms with Crippen LogP contribution in [-0.2, 0) is 0 Å². The average Bonchev–Trinajstić information content (AvgIpc) is 3.54. The number of rotatable bonds is 5. The molecule has 0 radical (unpaired) electrons. The predicted molar refractivity (Wildman–Crippen MR) is 201 cm³/mol. The molecule has 0 amide bonds. The molecule has 0 aliphatic rings. The summed E-state index contributed by atoms with van der Waals surface area (Å²) in [6.45, 7) is 0. The van der Waals surface area contributed by atoms with Crippen LogP contribution >= 0.6 is 0 Å². The molecule has 0 bridgehead atoms. The molecule has 0 atom stereocenters. The lowest BCUT2D eigenvalue weighted by atomic mass is 9.95. The maximum absolute atomic E-state index is 9.37. The van der Waals surface area contributed by atoms with Gasteiger partial charge in [-0.05, 0) is 82.6 Å². The highest BCUT2D eigenvalue weighted by Gasteiger charge is 2.19. The van der Waals surface area contributed by atoms with Gasteiger partial charge in [-0.2, -0.15) is 10.5 Å². The molecule has 0 saturated carbocycles. The van der Waals surface area contributed by atoms with E-state index in [0.29, 0.717) is 33.9 Å². The van der Waals surface area contributed by atoms with Crippen LogP contribution in [0.1, 0.15) is 11.1 Å². The second kappa shape index (κ2) is 12.2. The van der Waals surface area contributed by atoms with Crippen molar-refractivity contribution in [2.24, 2.45) is 0 Å². The maximum Gasteiger partial charge on any atom is 0.0992 e. The van der Waals surface area contributed by atoms with Crippen LogP contribution in [0.3, 0.4) is 0 Å². The van der Waals surface area contributed by atoms with E-state index in [9.17, 15) is 10.5 Å². The Balaban J connectivity index is 1.22. The Kier molecular flexibility index (Phi) is 7.09. The number of fused-ring (bicyclic) bond motifs is 5. The Morgan fingerprint density at radius 2 is 1.06 bits per heavy atom. The summed E-state index contributed by atoms with van der Waals surface area (Å²) in [5, 5.41) is 23.3. The van der Waals surface area contributed by atoms with Gasteiger partial charge in [0.15, 0.2) is 0 Å². The number of para-hydroxylation sites is 1. The first-order chi connectivity index (χ1) is 25.2. The summed E-state index contributed by atoms with van der Waals surface area (Å²) in [6, 6.07) is 47.1. The Bertz CT molecular complexity index is 2860. The lowest BCUT2D eigenvalue weighted by molar-refractivity contribution is 1.18. The van der Waals surface area contributed by atoms with Crippen molar-refractivity contribution in [3.63, 3.8) is 0 Å². The topological polar surface area (TPSA) is 104 Å². The zero-order valence-electron chi connectivity index (χ0n) is 27.1. The molecule has 7 nitrogen and oxygen atoms in total. The first-order valence-corrected chi connectivity index (χ1v) is 16.4. The summed E-state index contributed by atoms with van der Waals surface area (Å²) < 4.78 is 2.34. The third-order valence-electron chi connectivity index (χ3n) is 9.26. The smallest absolute Gasteiger partial charge is 0.0992 e. The van der Waals surface area contributed by atoms with E-state index in [-0.39, 0.29) is 0 Å². The van der Waals surface area contributed by atoms with E-state index in [4.69, 9.17) is 9.97 Å². The van der Waals surface area contributed by atoms with Gasteiger partial charge in [-0.25, -0.2) is 0 Å². The SMILES string of the molecule is N#Cc1ccnc(-c2ccc(-c3ccc4c5c6ccccc6c(-c6ccc(-c7cc(C#N)ccn7)nc6)cc5n(-c5ccccc5)c4c3)cn2)c1. The molecule has 0 N–H and O–H groups in total. The molecule has 236 valence electrons. The van der Waals surface area contributed by atoms with Gasteiger partial charge in [0.25, 0.3) is 0 Å². The molecule has 0 aliphatic heterocycles. The Morgan fingerprint density at radius 3 is 1.69 bits per heavy atom. The third kappa shape index (κ3) is 5.14. The monoisotopic (exact) mass is 651 g/mol. The molecule has 0 spiro atoms. The number of aromatic nitrogens is 5. The van der Waals surface area contributed by atoms with E-state index in [1.165, 1.54) is 5.39 Å². The van der Waals surface area contributed by atoms with Gasteiger partial charge in [0, 0.05) is 52.4 Å². The summed E-state index contributed by atoms with van der Waals surface area (Å²) in [7, 11) is 0. The van der Waals surface area contributed by atoms with Crippen LogP contribution in [0.2, 0.25) is 0 Å². The van der Waals surface area contributed by atoms with Crippen molar-refractivity contribution in [2.45, 2.75) is 0 Å². The van der Waals surface area contributed by atoms with E-state index in [1.807, 2.05) is 30.6 Å². The molecule has 9 aromatic rings.